The second-order valence-corrected chi connectivity index (χ2v) is 6.84. The Morgan fingerprint density at radius 3 is 2.47 bits per heavy atom. The summed E-state index contributed by atoms with van der Waals surface area (Å²) in [6.07, 6.45) is 3.02. The van der Waals surface area contributed by atoms with Crippen LogP contribution in [0.2, 0.25) is 5.02 Å². The lowest BCUT2D eigenvalue weighted by atomic mass is 10.3. The number of sulfone groups is 1. The standard InChI is InChI=1S/C11H14ClNO3S/c12-8-5-6-9(13)10(14)11(8)17(15,16)7-3-1-2-4-7/h5-7,14H,1-4,13H2. The summed E-state index contributed by atoms with van der Waals surface area (Å²) in [4.78, 5) is -0.217. The van der Waals surface area contributed by atoms with Crippen LogP contribution in [-0.4, -0.2) is 18.8 Å². The van der Waals surface area contributed by atoms with Gasteiger partial charge in [0.05, 0.1) is 16.0 Å². The first-order chi connectivity index (χ1) is 7.94. The molecule has 1 fully saturated rings. The van der Waals surface area contributed by atoms with E-state index >= 15 is 0 Å². The van der Waals surface area contributed by atoms with E-state index in [1.54, 1.807) is 0 Å². The number of benzene rings is 1. The van der Waals surface area contributed by atoms with Gasteiger partial charge in [-0.1, -0.05) is 24.4 Å². The Morgan fingerprint density at radius 1 is 1.29 bits per heavy atom. The van der Waals surface area contributed by atoms with Crippen LogP contribution < -0.4 is 5.73 Å². The minimum absolute atomic E-state index is 0.0311. The molecule has 17 heavy (non-hydrogen) atoms. The number of hydrogen-bond donors (Lipinski definition) is 2. The second kappa shape index (κ2) is 4.38. The zero-order valence-electron chi connectivity index (χ0n) is 9.19. The Morgan fingerprint density at radius 2 is 1.88 bits per heavy atom. The van der Waals surface area contributed by atoms with E-state index in [0.717, 1.165) is 12.8 Å². The summed E-state index contributed by atoms with van der Waals surface area (Å²) >= 11 is 5.87. The average molecular weight is 276 g/mol. The molecule has 0 saturated heterocycles. The number of phenolic OH excluding ortho intramolecular Hbond substituents is 1. The molecule has 94 valence electrons. The third-order valence-electron chi connectivity index (χ3n) is 3.14. The molecule has 6 heteroatoms. The molecule has 1 aliphatic carbocycles. The van der Waals surface area contributed by atoms with E-state index in [-0.39, 0.29) is 15.6 Å². The van der Waals surface area contributed by atoms with Gasteiger partial charge in [0.2, 0.25) is 0 Å². The fourth-order valence-electron chi connectivity index (χ4n) is 2.20. The molecule has 1 aliphatic rings. The van der Waals surface area contributed by atoms with E-state index in [2.05, 4.69) is 0 Å². The number of nitrogens with two attached hydrogens (primary N) is 1. The molecule has 0 aliphatic heterocycles. The fourth-order valence-corrected chi connectivity index (χ4v) is 4.69. The van der Waals surface area contributed by atoms with Crippen molar-refractivity contribution in [3.63, 3.8) is 0 Å². The number of nitrogen functional groups attached to an aromatic ring is 1. The summed E-state index contributed by atoms with van der Waals surface area (Å²) in [7, 11) is -3.58. The summed E-state index contributed by atoms with van der Waals surface area (Å²) in [6.45, 7) is 0. The molecule has 0 radical (unpaired) electrons. The average Bonchev–Trinajstić information content (AvgIpc) is 2.77. The van der Waals surface area contributed by atoms with E-state index in [4.69, 9.17) is 17.3 Å². The zero-order valence-corrected chi connectivity index (χ0v) is 10.8. The minimum atomic E-state index is -3.58. The van der Waals surface area contributed by atoms with Gasteiger partial charge in [-0.25, -0.2) is 8.42 Å². The van der Waals surface area contributed by atoms with Crippen LogP contribution in [0.3, 0.4) is 0 Å². The molecule has 1 saturated carbocycles. The summed E-state index contributed by atoms with van der Waals surface area (Å²) in [5.41, 5.74) is 5.55. The second-order valence-electron chi connectivity index (χ2n) is 4.27. The van der Waals surface area contributed by atoms with E-state index in [0.29, 0.717) is 12.8 Å². The number of halogens is 1. The monoisotopic (exact) mass is 275 g/mol. The van der Waals surface area contributed by atoms with Crippen molar-refractivity contribution in [3.05, 3.63) is 17.2 Å². The fraction of sp³-hybridized carbons (Fsp3) is 0.455. The molecule has 2 rings (SSSR count). The lowest BCUT2D eigenvalue weighted by Crippen LogP contribution is -2.18. The lowest BCUT2D eigenvalue weighted by Gasteiger charge is -2.14. The van der Waals surface area contributed by atoms with Gasteiger partial charge in [0, 0.05) is 0 Å². The highest BCUT2D eigenvalue weighted by molar-refractivity contribution is 7.92. The number of anilines is 1. The molecule has 0 heterocycles. The smallest absolute Gasteiger partial charge is 0.186 e. The Kier molecular flexibility index (Phi) is 3.23. The van der Waals surface area contributed by atoms with Crippen LogP contribution in [0.1, 0.15) is 25.7 Å². The van der Waals surface area contributed by atoms with Gasteiger partial charge in [0.1, 0.15) is 4.90 Å². The van der Waals surface area contributed by atoms with E-state index in [9.17, 15) is 13.5 Å². The minimum Gasteiger partial charge on any atom is -0.504 e. The van der Waals surface area contributed by atoms with Crippen LogP contribution >= 0.6 is 11.6 Å². The van der Waals surface area contributed by atoms with Crippen molar-refractivity contribution in [3.8, 4) is 5.75 Å². The molecule has 0 bridgehead atoms. The van der Waals surface area contributed by atoms with Gasteiger partial charge in [-0.2, -0.15) is 0 Å². The summed E-state index contributed by atoms with van der Waals surface area (Å²) in [6, 6.07) is 2.80. The Hall–Kier alpha value is -0.940. The third-order valence-corrected chi connectivity index (χ3v) is 5.90. The molecule has 0 atom stereocenters. The molecule has 0 amide bonds. The Labute approximate surface area is 105 Å². The van der Waals surface area contributed by atoms with Gasteiger partial charge in [-0.3, -0.25) is 0 Å². The summed E-state index contributed by atoms with van der Waals surface area (Å²) in [5, 5.41) is 9.37. The Bertz CT molecular complexity index is 536. The van der Waals surface area contributed by atoms with Gasteiger partial charge >= 0.3 is 0 Å². The predicted octanol–water partition coefficient (Wildman–Crippen LogP) is 2.34. The first kappa shape index (κ1) is 12.5. The molecule has 1 aromatic rings. The molecule has 0 aromatic heterocycles. The first-order valence-corrected chi connectivity index (χ1v) is 7.38. The largest absolute Gasteiger partial charge is 0.504 e. The van der Waals surface area contributed by atoms with Gasteiger partial charge in [-0.05, 0) is 25.0 Å². The SMILES string of the molecule is Nc1ccc(Cl)c(S(=O)(=O)C2CCCC2)c1O. The van der Waals surface area contributed by atoms with Crippen molar-refractivity contribution in [2.24, 2.45) is 0 Å². The van der Waals surface area contributed by atoms with Gasteiger partial charge in [0.15, 0.2) is 15.6 Å². The predicted molar refractivity (Wildman–Crippen MR) is 67.0 cm³/mol. The number of hydrogen-bond acceptors (Lipinski definition) is 4. The first-order valence-electron chi connectivity index (χ1n) is 5.45. The molecular formula is C11H14ClNO3S. The zero-order chi connectivity index (χ0) is 12.6. The van der Waals surface area contributed by atoms with Gasteiger partial charge in [-0.15, -0.1) is 0 Å². The highest BCUT2D eigenvalue weighted by Gasteiger charge is 2.34. The molecule has 3 N–H and O–H groups in total. The van der Waals surface area contributed by atoms with Gasteiger partial charge < -0.3 is 10.8 Å². The third kappa shape index (κ3) is 2.09. The number of phenols is 1. The highest BCUT2D eigenvalue weighted by Crippen LogP contribution is 2.40. The molecule has 4 nitrogen and oxygen atoms in total. The summed E-state index contributed by atoms with van der Waals surface area (Å²) in [5.74, 6) is -0.426. The highest BCUT2D eigenvalue weighted by atomic mass is 35.5. The van der Waals surface area contributed by atoms with Crippen molar-refractivity contribution in [1.82, 2.24) is 0 Å². The maximum absolute atomic E-state index is 12.3. The topological polar surface area (TPSA) is 80.4 Å². The normalized spacial score (nSPS) is 17.5. The quantitative estimate of drug-likeness (QED) is 0.641. The maximum atomic E-state index is 12.3. The van der Waals surface area contributed by atoms with E-state index in [1.165, 1.54) is 12.1 Å². The molecule has 0 unspecified atom stereocenters. The van der Waals surface area contributed by atoms with E-state index < -0.39 is 20.8 Å². The van der Waals surface area contributed by atoms with Crippen LogP contribution in [0.4, 0.5) is 5.69 Å². The van der Waals surface area contributed by atoms with Gasteiger partial charge in [0.25, 0.3) is 0 Å². The van der Waals surface area contributed by atoms with Crippen molar-refractivity contribution in [2.45, 2.75) is 35.8 Å². The molecule has 0 spiro atoms. The van der Waals surface area contributed by atoms with Crippen LogP contribution in [0.25, 0.3) is 0 Å². The Balaban J connectivity index is 2.56. The molecular weight excluding hydrogens is 262 g/mol. The van der Waals surface area contributed by atoms with Crippen LogP contribution in [0.5, 0.6) is 5.75 Å². The van der Waals surface area contributed by atoms with E-state index in [1.807, 2.05) is 0 Å². The van der Waals surface area contributed by atoms with Crippen molar-refractivity contribution >= 4 is 27.1 Å². The molecule has 1 aromatic carbocycles. The maximum Gasteiger partial charge on any atom is 0.186 e. The van der Waals surface area contributed by atoms with Crippen molar-refractivity contribution < 1.29 is 13.5 Å². The van der Waals surface area contributed by atoms with Crippen LogP contribution in [0, 0.1) is 0 Å². The number of rotatable bonds is 2. The van der Waals surface area contributed by atoms with Crippen LogP contribution in [0.15, 0.2) is 17.0 Å². The van der Waals surface area contributed by atoms with Crippen LogP contribution in [-0.2, 0) is 9.84 Å². The number of aromatic hydroxyl groups is 1. The summed E-state index contributed by atoms with van der Waals surface area (Å²) < 4.78 is 24.7. The van der Waals surface area contributed by atoms with Crippen molar-refractivity contribution in [2.75, 3.05) is 5.73 Å². The lowest BCUT2D eigenvalue weighted by molar-refractivity contribution is 0.460. The van der Waals surface area contributed by atoms with Crippen molar-refractivity contribution in [1.29, 1.82) is 0 Å².